The number of carbonyl (C=O) groups is 2. The number of Topliss-reactive ketones (excluding diaryl/α,β-unsaturated/α-hetero) is 1. The minimum absolute atomic E-state index is 0.0485. The largest absolute Gasteiger partial charge is 0.498 e. The lowest BCUT2D eigenvalue weighted by atomic mass is 9.52. The highest BCUT2D eigenvalue weighted by Crippen LogP contribution is 2.72. The molecule has 2 N–H and O–H groups in total. The topological polar surface area (TPSA) is 94.1 Å². The maximum absolute atomic E-state index is 13.2. The fourth-order valence-electron chi connectivity index (χ4n) is 6.03. The summed E-state index contributed by atoms with van der Waals surface area (Å²) in [4.78, 5) is 26.1. The Morgan fingerprint density at radius 1 is 1.23 bits per heavy atom. The van der Waals surface area contributed by atoms with Crippen molar-refractivity contribution < 1.29 is 28.9 Å². The first-order chi connectivity index (χ1) is 12.4. The Morgan fingerprint density at radius 3 is 2.54 bits per heavy atom. The molecule has 4 aliphatic rings. The molecule has 1 saturated carbocycles. The predicted octanol–water partition coefficient (Wildman–Crippen LogP) is 0.653. The molecule has 1 saturated heterocycles. The summed E-state index contributed by atoms with van der Waals surface area (Å²) in [5.41, 5.74) is -3.10. The maximum Gasteiger partial charge on any atom is 0.201 e. The molecule has 8 heteroatoms. The van der Waals surface area contributed by atoms with Crippen LogP contribution >= 0.6 is 11.6 Å². The molecule has 5 atom stereocenters. The van der Waals surface area contributed by atoms with Gasteiger partial charge in [0.25, 0.3) is 0 Å². The monoisotopic (exact) mass is 383 g/mol. The predicted molar refractivity (Wildman–Crippen MR) is 91.2 cm³/mol. The second-order valence-corrected chi connectivity index (χ2v) is 7.92. The first-order valence-corrected chi connectivity index (χ1v) is 9.03. The van der Waals surface area contributed by atoms with Crippen molar-refractivity contribution >= 4 is 23.2 Å². The van der Waals surface area contributed by atoms with Crippen molar-refractivity contribution in [1.82, 2.24) is 5.32 Å². The van der Waals surface area contributed by atoms with Crippen molar-refractivity contribution in [1.29, 1.82) is 0 Å². The van der Waals surface area contributed by atoms with Crippen molar-refractivity contribution in [2.45, 2.75) is 36.3 Å². The van der Waals surface area contributed by atoms with Crippen LogP contribution in [0.25, 0.3) is 0 Å². The lowest BCUT2D eigenvalue weighted by Gasteiger charge is -2.51. The molecule has 0 aromatic heterocycles. The van der Waals surface area contributed by atoms with Crippen LogP contribution in [-0.4, -0.2) is 61.6 Å². The molecule has 1 aliphatic heterocycles. The van der Waals surface area contributed by atoms with E-state index < -0.39 is 27.8 Å². The van der Waals surface area contributed by atoms with Gasteiger partial charge in [0.1, 0.15) is 11.9 Å². The number of hydrogen-bond donors (Lipinski definition) is 2. The van der Waals surface area contributed by atoms with Gasteiger partial charge in [-0.25, -0.2) is 0 Å². The second-order valence-electron chi connectivity index (χ2n) is 7.39. The van der Waals surface area contributed by atoms with Gasteiger partial charge in [0, 0.05) is 17.9 Å². The van der Waals surface area contributed by atoms with Gasteiger partial charge in [-0.05, 0) is 19.4 Å². The van der Waals surface area contributed by atoms with E-state index in [0.29, 0.717) is 25.1 Å². The molecule has 7 nitrogen and oxygen atoms in total. The molecule has 142 valence electrons. The molecule has 0 aromatic rings. The zero-order valence-corrected chi connectivity index (χ0v) is 15.7. The molecule has 0 aromatic carbocycles. The molecule has 3 aliphatic carbocycles. The number of halogens is 1. The molecule has 0 radical (unpaired) electrons. The standard InChI is InChI=1S/C18H22ClNO6/c1-24-10-6-12(22)18(14(10)23)11(19)8-17-15(26-3)13(25-2)9(21)7-16(17,18)4-5-20-17/h6,11,14,20,23H,4-5,7-8H2,1-3H3/t11?,14-,16+,17+,18?/m0/s1. The Balaban J connectivity index is 2.00. The third kappa shape index (κ3) is 1.59. The van der Waals surface area contributed by atoms with Crippen LogP contribution in [0.3, 0.4) is 0 Å². The summed E-state index contributed by atoms with van der Waals surface area (Å²) >= 11 is 6.77. The summed E-state index contributed by atoms with van der Waals surface area (Å²) in [6.07, 6.45) is 1.01. The van der Waals surface area contributed by atoms with Gasteiger partial charge in [-0.1, -0.05) is 0 Å². The van der Waals surface area contributed by atoms with E-state index in [2.05, 4.69) is 5.32 Å². The SMILES string of the molecule is COC1=CC(=O)C2(C(Cl)C[C@]34NCC[C@]23CC(=O)C(OC)=C4OC)[C@H]1O. The minimum atomic E-state index is -1.35. The molecule has 2 unspecified atom stereocenters. The summed E-state index contributed by atoms with van der Waals surface area (Å²) in [5.74, 6) is 0.155. The second kappa shape index (κ2) is 5.47. The van der Waals surface area contributed by atoms with E-state index in [-0.39, 0.29) is 29.5 Å². The number of ketones is 2. The van der Waals surface area contributed by atoms with Gasteiger partial charge in [0.2, 0.25) is 11.5 Å². The van der Waals surface area contributed by atoms with Crippen molar-refractivity contribution in [2.24, 2.45) is 10.8 Å². The summed E-state index contributed by atoms with van der Waals surface area (Å²) < 4.78 is 16.2. The summed E-state index contributed by atoms with van der Waals surface area (Å²) in [5, 5.41) is 13.8. The third-order valence-electron chi connectivity index (χ3n) is 6.90. The van der Waals surface area contributed by atoms with Crippen LogP contribution in [-0.2, 0) is 23.8 Å². The van der Waals surface area contributed by atoms with Crippen molar-refractivity contribution in [3.63, 3.8) is 0 Å². The van der Waals surface area contributed by atoms with Gasteiger partial charge in [0.05, 0.1) is 37.7 Å². The Bertz CT molecular complexity index is 763. The number of allylic oxidation sites excluding steroid dienone is 2. The number of nitrogens with one attached hydrogen (secondary N) is 1. The van der Waals surface area contributed by atoms with Crippen LogP contribution in [0.4, 0.5) is 0 Å². The number of aliphatic hydroxyl groups is 1. The van der Waals surface area contributed by atoms with E-state index in [4.69, 9.17) is 25.8 Å². The average Bonchev–Trinajstić information content (AvgIpc) is 3.16. The van der Waals surface area contributed by atoms with Crippen molar-refractivity contribution in [3.05, 3.63) is 23.4 Å². The molecule has 2 fully saturated rings. The quantitative estimate of drug-likeness (QED) is 0.691. The summed E-state index contributed by atoms with van der Waals surface area (Å²) in [7, 11) is 4.31. The van der Waals surface area contributed by atoms with Crippen LogP contribution in [0.2, 0.25) is 0 Å². The Morgan fingerprint density at radius 2 is 1.96 bits per heavy atom. The number of rotatable bonds is 3. The van der Waals surface area contributed by atoms with Gasteiger partial charge in [0.15, 0.2) is 11.5 Å². The number of alkyl halides is 1. The first-order valence-electron chi connectivity index (χ1n) is 8.59. The lowest BCUT2D eigenvalue weighted by Crippen LogP contribution is -2.63. The molecular formula is C18H22ClNO6. The maximum atomic E-state index is 13.2. The Hall–Kier alpha value is -1.57. The van der Waals surface area contributed by atoms with Gasteiger partial charge in [-0.15, -0.1) is 11.6 Å². The number of carbonyl (C=O) groups excluding carboxylic acids is 2. The zero-order chi connectivity index (χ0) is 18.9. The molecular weight excluding hydrogens is 362 g/mol. The Kier molecular flexibility index (Phi) is 3.75. The van der Waals surface area contributed by atoms with Crippen LogP contribution in [0.5, 0.6) is 0 Å². The normalized spacial score (nSPS) is 44.3. The Labute approximate surface area is 156 Å². The van der Waals surface area contributed by atoms with Gasteiger partial charge >= 0.3 is 0 Å². The van der Waals surface area contributed by atoms with Gasteiger partial charge in [-0.2, -0.15) is 0 Å². The molecule has 1 spiro atoms. The number of hydrogen-bond acceptors (Lipinski definition) is 7. The van der Waals surface area contributed by atoms with Gasteiger partial charge < -0.3 is 24.6 Å². The fourth-order valence-corrected chi connectivity index (χ4v) is 6.70. The number of aliphatic hydroxyl groups excluding tert-OH is 1. The molecule has 1 heterocycles. The molecule has 4 rings (SSSR count). The summed E-state index contributed by atoms with van der Waals surface area (Å²) in [6.45, 7) is 0.574. The van der Waals surface area contributed by atoms with Crippen molar-refractivity contribution in [3.8, 4) is 0 Å². The van der Waals surface area contributed by atoms with E-state index in [1.165, 1.54) is 27.4 Å². The van der Waals surface area contributed by atoms with Gasteiger partial charge in [-0.3, -0.25) is 9.59 Å². The smallest absolute Gasteiger partial charge is 0.201 e. The molecule has 0 bridgehead atoms. The average molecular weight is 384 g/mol. The molecule has 26 heavy (non-hydrogen) atoms. The summed E-state index contributed by atoms with van der Waals surface area (Å²) in [6, 6.07) is 0. The highest BCUT2D eigenvalue weighted by molar-refractivity contribution is 6.25. The zero-order valence-electron chi connectivity index (χ0n) is 14.9. The van der Waals surface area contributed by atoms with E-state index in [0.717, 1.165) is 0 Å². The lowest BCUT2D eigenvalue weighted by molar-refractivity contribution is -0.146. The fraction of sp³-hybridized carbons (Fsp3) is 0.667. The third-order valence-corrected chi connectivity index (χ3v) is 7.40. The van der Waals surface area contributed by atoms with E-state index in [9.17, 15) is 14.7 Å². The van der Waals surface area contributed by atoms with Crippen LogP contribution in [0.1, 0.15) is 19.3 Å². The van der Waals surface area contributed by atoms with E-state index in [1.54, 1.807) is 0 Å². The van der Waals surface area contributed by atoms with Crippen LogP contribution < -0.4 is 5.32 Å². The first kappa shape index (κ1) is 17.8. The molecule has 0 amide bonds. The van der Waals surface area contributed by atoms with Crippen LogP contribution in [0, 0.1) is 10.8 Å². The van der Waals surface area contributed by atoms with Crippen molar-refractivity contribution in [2.75, 3.05) is 27.9 Å². The number of methoxy groups -OCH3 is 3. The van der Waals surface area contributed by atoms with E-state index in [1.807, 2.05) is 0 Å². The highest BCUT2D eigenvalue weighted by atomic mass is 35.5. The highest BCUT2D eigenvalue weighted by Gasteiger charge is 2.82. The van der Waals surface area contributed by atoms with E-state index >= 15 is 0 Å². The number of ether oxygens (including phenoxy) is 3. The van der Waals surface area contributed by atoms with Crippen LogP contribution in [0.15, 0.2) is 23.4 Å². The minimum Gasteiger partial charge on any atom is -0.498 e.